The van der Waals surface area contributed by atoms with E-state index in [0.29, 0.717) is 0 Å². The Balaban J connectivity index is 2.27. The topological polar surface area (TPSA) is 32.7 Å². The number of hydrogen-bond donors (Lipinski definition) is 1. The Bertz CT molecular complexity index is 692. The van der Waals surface area contributed by atoms with Crippen LogP contribution < -0.4 is 4.90 Å². The largest absolute Gasteiger partial charge is 0.313 e. The van der Waals surface area contributed by atoms with Gasteiger partial charge in [-0.15, -0.1) is 24.0 Å². The highest BCUT2D eigenvalue weighted by atomic mass is 32.1. The Morgan fingerprint density at radius 1 is 1.35 bits per heavy atom. The lowest BCUT2D eigenvalue weighted by atomic mass is 10.1. The van der Waals surface area contributed by atoms with Crippen LogP contribution in [0.4, 0.5) is 5.69 Å². The summed E-state index contributed by atoms with van der Waals surface area (Å²) in [5.74, 6) is 0.00437. The van der Waals surface area contributed by atoms with Crippen molar-refractivity contribution in [1.82, 2.24) is 0 Å². The molecule has 102 valence electrons. The van der Waals surface area contributed by atoms with E-state index in [1.165, 1.54) is 0 Å². The molecule has 3 nitrogen and oxygen atoms in total. The van der Waals surface area contributed by atoms with Crippen LogP contribution >= 0.6 is 24.0 Å². The zero-order valence-electron chi connectivity index (χ0n) is 11.2. The first-order valence-corrected chi connectivity index (χ1v) is 7.63. The van der Waals surface area contributed by atoms with Gasteiger partial charge in [0.05, 0.1) is 16.3 Å². The van der Waals surface area contributed by atoms with Gasteiger partial charge in [-0.3, -0.25) is 9.79 Å². The molecule has 2 heterocycles. The van der Waals surface area contributed by atoms with Crippen molar-refractivity contribution in [3.8, 4) is 0 Å². The Labute approximate surface area is 127 Å². The summed E-state index contributed by atoms with van der Waals surface area (Å²) >= 11 is 6.04. The number of benzene rings is 1. The maximum absolute atomic E-state index is 12.3. The van der Waals surface area contributed by atoms with E-state index < -0.39 is 0 Å². The molecule has 5 heteroatoms. The predicted molar refractivity (Wildman–Crippen MR) is 86.5 cm³/mol. The van der Waals surface area contributed by atoms with Crippen LogP contribution in [0, 0.1) is 0 Å². The van der Waals surface area contributed by atoms with Crippen molar-refractivity contribution in [2.75, 3.05) is 11.9 Å². The minimum atomic E-state index is -0.382. The molecule has 1 atom stereocenters. The van der Waals surface area contributed by atoms with Gasteiger partial charge < -0.3 is 4.90 Å². The molecule has 1 amide bonds. The number of amides is 1. The number of likely N-dealkylation sites (N-methyl/N-ethyl adjacent to an activating group) is 1. The molecule has 0 fully saturated rings. The average Bonchev–Trinajstić information content (AvgIpc) is 2.94. The van der Waals surface area contributed by atoms with E-state index >= 15 is 0 Å². The SMILES string of the molecule is CC1N=C(c2cccs2)c2cc(S)ccc2N(C)C1=O. The first-order chi connectivity index (χ1) is 9.58. The summed E-state index contributed by atoms with van der Waals surface area (Å²) in [4.78, 5) is 20.6. The zero-order valence-corrected chi connectivity index (χ0v) is 12.9. The fraction of sp³-hybridized carbons (Fsp3) is 0.200. The van der Waals surface area contributed by atoms with Crippen molar-refractivity contribution in [1.29, 1.82) is 0 Å². The summed E-state index contributed by atoms with van der Waals surface area (Å²) in [6.07, 6.45) is 0. The summed E-state index contributed by atoms with van der Waals surface area (Å²) in [7, 11) is 1.79. The molecule has 0 bridgehead atoms. The van der Waals surface area contributed by atoms with Crippen molar-refractivity contribution in [3.63, 3.8) is 0 Å². The molecule has 1 unspecified atom stereocenters. The lowest BCUT2D eigenvalue weighted by Gasteiger charge is -2.19. The Kier molecular flexibility index (Phi) is 3.40. The van der Waals surface area contributed by atoms with Gasteiger partial charge in [-0.25, -0.2) is 0 Å². The van der Waals surface area contributed by atoms with Crippen molar-refractivity contribution in [2.24, 2.45) is 4.99 Å². The maximum atomic E-state index is 12.3. The summed E-state index contributed by atoms with van der Waals surface area (Å²) in [5.41, 5.74) is 2.71. The van der Waals surface area contributed by atoms with Gasteiger partial charge in [0.1, 0.15) is 6.04 Å². The number of hydrogen-bond acceptors (Lipinski definition) is 4. The highest BCUT2D eigenvalue weighted by Crippen LogP contribution is 2.30. The molecule has 1 aliphatic heterocycles. The van der Waals surface area contributed by atoms with Crippen LogP contribution in [0.25, 0.3) is 0 Å². The predicted octanol–water partition coefficient (Wildman–Crippen LogP) is 3.24. The number of anilines is 1. The summed E-state index contributed by atoms with van der Waals surface area (Å²) < 4.78 is 0. The van der Waals surface area contributed by atoms with Crippen LogP contribution in [0.15, 0.2) is 45.6 Å². The normalized spacial score (nSPS) is 18.6. The number of carbonyl (C=O) groups excluding carboxylic acids is 1. The zero-order chi connectivity index (χ0) is 14.3. The van der Waals surface area contributed by atoms with E-state index in [0.717, 1.165) is 26.7 Å². The van der Waals surface area contributed by atoms with Gasteiger partial charge in [0.25, 0.3) is 5.91 Å². The lowest BCUT2D eigenvalue weighted by Crippen LogP contribution is -2.32. The summed E-state index contributed by atoms with van der Waals surface area (Å²) in [6.45, 7) is 1.83. The van der Waals surface area contributed by atoms with E-state index in [2.05, 4.69) is 17.6 Å². The van der Waals surface area contributed by atoms with Gasteiger partial charge in [-0.05, 0) is 36.6 Å². The van der Waals surface area contributed by atoms with Gasteiger partial charge in [-0.1, -0.05) is 6.07 Å². The first kappa shape index (κ1) is 13.4. The molecular weight excluding hydrogens is 288 g/mol. The van der Waals surface area contributed by atoms with Crippen LogP contribution in [-0.2, 0) is 4.79 Å². The van der Waals surface area contributed by atoms with Gasteiger partial charge in [0, 0.05) is 17.5 Å². The second-order valence-corrected chi connectivity index (χ2v) is 6.19. The highest BCUT2D eigenvalue weighted by Gasteiger charge is 2.27. The average molecular weight is 302 g/mol. The number of thiol groups is 1. The molecule has 0 radical (unpaired) electrons. The van der Waals surface area contributed by atoms with Crippen LogP contribution in [0.1, 0.15) is 17.4 Å². The standard InChI is InChI=1S/C15H14N2OS2/c1-9-15(18)17(2)12-6-5-10(19)8-11(12)14(16-9)13-4-3-7-20-13/h3-9,19H,1-2H3. The minimum absolute atomic E-state index is 0.00437. The molecular formula is C15H14N2OS2. The molecule has 0 spiro atoms. The molecule has 1 aromatic carbocycles. The molecule has 20 heavy (non-hydrogen) atoms. The van der Waals surface area contributed by atoms with E-state index in [1.54, 1.807) is 23.3 Å². The Hall–Kier alpha value is -1.59. The number of benzodiazepines with no additional fused rings is 1. The van der Waals surface area contributed by atoms with E-state index in [4.69, 9.17) is 0 Å². The van der Waals surface area contributed by atoms with Gasteiger partial charge in [0.15, 0.2) is 0 Å². The van der Waals surface area contributed by atoms with Crippen LogP contribution in [0.3, 0.4) is 0 Å². The number of nitrogens with zero attached hydrogens (tertiary/aromatic N) is 2. The number of rotatable bonds is 1. The summed E-state index contributed by atoms with van der Waals surface area (Å²) in [6, 6.07) is 9.44. The van der Waals surface area contributed by atoms with E-state index in [-0.39, 0.29) is 11.9 Å². The third-order valence-corrected chi connectivity index (χ3v) is 4.52. The van der Waals surface area contributed by atoms with Crippen molar-refractivity contribution in [3.05, 3.63) is 46.2 Å². The molecule has 0 saturated carbocycles. The first-order valence-electron chi connectivity index (χ1n) is 6.30. The highest BCUT2D eigenvalue weighted by molar-refractivity contribution is 7.80. The number of thiophene rings is 1. The quantitative estimate of drug-likeness (QED) is 0.806. The molecule has 0 aliphatic carbocycles. The van der Waals surface area contributed by atoms with Gasteiger partial charge >= 0.3 is 0 Å². The second-order valence-electron chi connectivity index (χ2n) is 4.73. The fourth-order valence-corrected chi connectivity index (χ4v) is 3.27. The second kappa shape index (κ2) is 5.07. The summed E-state index contributed by atoms with van der Waals surface area (Å²) in [5, 5.41) is 2.02. The third-order valence-electron chi connectivity index (χ3n) is 3.36. The monoisotopic (exact) mass is 302 g/mol. The van der Waals surface area contributed by atoms with Crippen molar-refractivity contribution >= 4 is 41.3 Å². The van der Waals surface area contributed by atoms with Crippen LogP contribution in [0.2, 0.25) is 0 Å². The van der Waals surface area contributed by atoms with E-state index in [9.17, 15) is 4.79 Å². The maximum Gasteiger partial charge on any atom is 0.251 e. The Morgan fingerprint density at radius 2 is 2.15 bits per heavy atom. The third kappa shape index (κ3) is 2.17. The fourth-order valence-electron chi connectivity index (χ4n) is 2.33. The molecule has 3 rings (SSSR count). The van der Waals surface area contributed by atoms with Crippen molar-refractivity contribution < 1.29 is 4.79 Å². The lowest BCUT2D eigenvalue weighted by molar-refractivity contribution is -0.119. The van der Waals surface area contributed by atoms with Crippen LogP contribution in [0.5, 0.6) is 0 Å². The van der Waals surface area contributed by atoms with Crippen molar-refractivity contribution in [2.45, 2.75) is 17.9 Å². The molecule has 0 N–H and O–H groups in total. The molecule has 0 saturated heterocycles. The number of fused-ring (bicyclic) bond motifs is 1. The van der Waals surface area contributed by atoms with Crippen LogP contribution in [-0.4, -0.2) is 24.7 Å². The van der Waals surface area contributed by atoms with E-state index in [1.807, 2.05) is 42.6 Å². The van der Waals surface area contributed by atoms with Gasteiger partial charge in [0.2, 0.25) is 0 Å². The smallest absolute Gasteiger partial charge is 0.251 e. The molecule has 2 aromatic rings. The Morgan fingerprint density at radius 3 is 2.85 bits per heavy atom. The van der Waals surface area contributed by atoms with Gasteiger partial charge in [-0.2, -0.15) is 0 Å². The number of carbonyl (C=O) groups is 1. The molecule has 1 aliphatic rings. The molecule has 1 aromatic heterocycles. The minimum Gasteiger partial charge on any atom is -0.313 e. The number of aliphatic imine (C=N–C) groups is 1.